The maximum atomic E-state index is 14.0. The average Bonchev–Trinajstić information content (AvgIpc) is 2.79. The molecule has 0 aliphatic heterocycles. The van der Waals surface area contributed by atoms with E-state index >= 15 is 0 Å². The van der Waals surface area contributed by atoms with E-state index in [-0.39, 0.29) is 40.5 Å². The minimum Gasteiger partial charge on any atom is -0.496 e. The highest BCUT2D eigenvalue weighted by atomic mass is 31.2. The van der Waals surface area contributed by atoms with Crippen molar-refractivity contribution >= 4 is 24.5 Å². The van der Waals surface area contributed by atoms with Gasteiger partial charge in [-0.2, -0.15) is 0 Å². The molecule has 0 amide bonds. The van der Waals surface area contributed by atoms with Gasteiger partial charge in [-0.15, -0.1) is 0 Å². The zero-order valence-corrected chi connectivity index (χ0v) is 18.1. The Balaban J connectivity index is 2.74. The number of aldehydes is 1. The fourth-order valence-corrected chi connectivity index (χ4v) is 5.24. The van der Waals surface area contributed by atoms with Gasteiger partial charge in [0.25, 0.3) is 0 Å². The summed E-state index contributed by atoms with van der Waals surface area (Å²) in [6, 6.07) is 9.16. The molecule has 0 saturated carbocycles. The first-order chi connectivity index (χ1) is 14.4. The summed E-state index contributed by atoms with van der Waals surface area (Å²) in [6.07, 6.45) is -0.188. The highest BCUT2D eigenvalue weighted by molar-refractivity contribution is 7.95. The lowest BCUT2D eigenvalue weighted by Crippen LogP contribution is -2.17. The van der Waals surface area contributed by atoms with Gasteiger partial charge in [-0.25, -0.2) is 0 Å². The minimum absolute atomic E-state index is 0.102. The molecule has 2 aromatic carbocycles. The third-order valence-electron chi connectivity index (χ3n) is 4.50. The fourth-order valence-electron chi connectivity index (χ4n) is 3.02. The predicted molar refractivity (Wildman–Crippen MR) is 111 cm³/mol. The fraction of sp³-hybridized carbons (Fsp3) is 0.286. The molecule has 0 aliphatic rings. The quantitative estimate of drug-likeness (QED) is 0.390. The van der Waals surface area contributed by atoms with E-state index in [2.05, 4.69) is 0 Å². The van der Waals surface area contributed by atoms with E-state index in [0.29, 0.717) is 6.29 Å². The van der Waals surface area contributed by atoms with Crippen molar-refractivity contribution < 1.29 is 37.9 Å². The normalized spacial score (nSPS) is 10.8. The summed E-state index contributed by atoms with van der Waals surface area (Å²) < 4.78 is 34.9. The molecule has 0 N–H and O–H groups in total. The van der Waals surface area contributed by atoms with Crippen LogP contribution in [0.2, 0.25) is 0 Å². The molecule has 0 radical (unpaired) electrons. The lowest BCUT2D eigenvalue weighted by Gasteiger charge is -2.20. The Kier molecular flexibility index (Phi) is 7.78. The van der Waals surface area contributed by atoms with Crippen LogP contribution in [0.3, 0.4) is 0 Å². The molecule has 2 rings (SSSR count). The van der Waals surface area contributed by atoms with Crippen molar-refractivity contribution in [3.05, 3.63) is 47.5 Å². The van der Waals surface area contributed by atoms with E-state index in [1.54, 1.807) is 12.1 Å². The van der Waals surface area contributed by atoms with Crippen molar-refractivity contribution in [3.8, 4) is 23.0 Å². The molecule has 0 atom stereocenters. The van der Waals surface area contributed by atoms with Crippen LogP contribution in [0, 0.1) is 0 Å². The standard InChI is InChI=1S/C21H23O8P/c1-26-14-8-5-9-15(27-2)18(14)20(23)30(25,13-7-12-22)21(24)19-16(28-3)10-6-11-17(19)29-4/h5-6,8-12H,7,13H2,1-4H3. The number of carbonyl (C=O) groups excluding carboxylic acids is 3. The molecule has 0 bridgehead atoms. The number of hydrogen-bond donors (Lipinski definition) is 0. The molecule has 8 nitrogen and oxygen atoms in total. The number of methoxy groups -OCH3 is 4. The third-order valence-corrected chi connectivity index (χ3v) is 7.15. The zero-order chi connectivity index (χ0) is 22.3. The molecule has 9 heteroatoms. The van der Waals surface area contributed by atoms with E-state index in [1.165, 1.54) is 52.7 Å². The van der Waals surface area contributed by atoms with Crippen LogP contribution < -0.4 is 18.9 Å². The Bertz CT molecular complexity index is 882. The van der Waals surface area contributed by atoms with E-state index < -0.39 is 24.4 Å². The van der Waals surface area contributed by atoms with Crippen LogP contribution in [0.4, 0.5) is 0 Å². The van der Waals surface area contributed by atoms with Gasteiger partial charge in [-0.05, 0) is 24.3 Å². The largest absolute Gasteiger partial charge is 0.496 e. The predicted octanol–water partition coefficient (Wildman–Crippen LogP) is 3.65. The van der Waals surface area contributed by atoms with Crippen LogP contribution in [-0.2, 0) is 9.36 Å². The molecule has 30 heavy (non-hydrogen) atoms. The van der Waals surface area contributed by atoms with Gasteiger partial charge in [0.1, 0.15) is 40.4 Å². The maximum absolute atomic E-state index is 14.0. The van der Waals surface area contributed by atoms with Crippen molar-refractivity contribution in [1.29, 1.82) is 0 Å². The van der Waals surface area contributed by atoms with E-state index in [4.69, 9.17) is 18.9 Å². The van der Waals surface area contributed by atoms with E-state index in [1.807, 2.05) is 0 Å². The summed E-state index contributed by atoms with van der Waals surface area (Å²) in [5.74, 6) is 0.409. The van der Waals surface area contributed by atoms with Crippen molar-refractivity contribution in [2.75, 3.05) is 34.6 Å². The van der Waals surface area contributed by atoms with E-state index in [9.17, 15) is 18.9 Å². The van der Waals surface area contributed by atoms with Crippen molar-refractivity contribution in [1.82, 2.24) is 0 Å². The van der Waals surface area contributed by atoms with Crippen LogP contribution in [0.15, 0.2) is 36.4 Å². The molecular formula is C21H23O8P. The van der Waals surface area contributed by atoms with Gasteiger partial charge >= 0.3 is 0 Å². The van der Waals surface area contributed by atoms with Crippen molar-refractivity contribution in [2.45, 2.75) is 6.42 Å². The van der Waals surface area contributed by atoms with Gasteiger partial charge in [0.05, 0.1) is 28.4 Å². The van der Waals surface area contributed by atoms with Crippen molar-refractivity contribution in [2.24, 2.45) is 0 Å². The highest BCUT2D eigenvalue weighted by Crippen LogP contribution is 2.56. The second-order valence-electron chi connectivity index (χ2n) is 6.10. The van der Waals surface area contributed by atoms with Gasteiger partial charge in [0.2, 0.25) is 18.2 Å². The number of hydrogen-bond acceptors (Lipinski definition) is 8. The van der Waals surface area contributed by atoms with Crippen LogP contribution in [0.25, 0.3) is 0 Å². The van der Waals surface area contributed by atoms with Crippen LogP contribution in [0.1, 0.15) is 27.1 Å². The number of benzene rings is 2. The first-order valence-corrected chi connectivity index (χ1v) is 10.8. The zero-order valence-electron chi connectivity index (χ0n) is 17.2. The summed E-state index contributed by atoms with van der Waals surface area (Å²) in [4.78, 5) is 38.0. The van der Waals surface area contributed by atoms with Gasteiger partial charge in [0.15, 0.2) is 0 Å². The van der Waals surface area contributed by atoms with Crippen LogP contribution in [0.5, 0.6) is 23.0 Å². The third kappa shape index (κ3) is 4.24. The highest BCUT2D eigenvalue weighted by Gasteiger charge is 2.45. The monoisotopic (exact) mass is 434 g/mol. The Hall–Kier alpha value is -3.12. The molecule has 2 aromatic rings. The van der Waals surface area contributed by atoms with Gasteiger partial charge in [0, 0.05) is 12.6 Å². The Morgan fingerprint density at radius 3 is 1.37 bits per heavy atom. The SMILES string of the molecule is COc1cccc(OC)c1C(=O)P(=O)(CCC=O)C(=O)c1c(OC)cccc1OC. The molecule has 0 heterocycles. The first-order valence-electron chi connectivity index (χ1n) is 8.94. The van der Waals surface area contributed by atoms with Gasteiger partial charge < -0.3 is 28.3 Å². The average molecular weight is 434 g/mol. The molecular weight excluding hydrogens is 411 g/mol. The Labute approximate surface area is 174 Å². The van der Waals surface area contributed by atoms with Gasteiger partial charge in [-0.3, -0.25) is 9.59 Å². The van der Waals surface area contributed by atoms with Crippen LogP contribution in [-0.4, -0.2) is 51.9 Å². The first kappa shape index (κ1) is 23.2. The van der Waals surface area contributed by atoms with E-state index in [0.717, 1.165) is 0 Å². The van der Waals surface area contributed by atoms with Crippen LogP contribution >= 0.6 is 7.14 Å². The second kappa shape index (κ2) is 10.1. The summed E-state index contributed by atoms with van der Waals surface area (Å²) in [6.45, 7) is 0. The Morgan fingerprint density at radius 1 is 0.767 bits per heavy atom. The molecule has 0 unspecified atom stereocenters. The second-order valence-corrected chi connectivity index (χ2v) is 8.84. The molecule has 0 aliphatic carbocycles. The number of ether oxygens (including phenoxy) is 4. The molecule has 0 aromatic heterocycles. The summed E-state index contributed by atoms with van der Waals surface area (Å²) in [5, 5.41) is 0. The molecule has 0 spiro atoms. The van der Waals surface area contributed by atoms with Gasteiger partial charge in [-0.1, -0.05) is 12.1 Å². The maximum Gasteiger partial charge on any atom is 0.236 e. The molecule has 0 fully saturated rings. The lowest BCUT2D eigenvalue weighted by atomic mass is 10.2. The summed E-state index contributed by atoms with van der Waals surface area (Å²) in [5.41, 5.74) is -2.17. The Morgan fingerprint density at radius 2 is 1.10 bits per heavy atom. The number of rotatable bonds is 11. The van der Waals surface area contributed by atoms with Crippen molar-refractivity contribution in [3.63, 3.8) is 0 Å². The molecule has 160 valence electrons. The minimum atomic E-state index is -4.35. The number of carbonyl (C=O) groups is 3. The lowest BCUT2D eigenvalue weighted by molar-refractivity contribution is -0.107. The smallest absolute Gasteiger partial charge is 0.236 e. The topological polar surface area (TPSA) is 105 Å². The summed E-state index contributed by atoms with van der Waals surface area (Å²) in [7, 11) is 1.01. The summed E-state index contributed by atoms with van der Waals surface area (Å²) >= 11 is 0. The molecule has 0 saturated heterocycles.